The number of nitrogens with zero attached hydrogens (tertiary/aromatic N) is 2. The fraction of sp³-hybridized carbons (Fsp3) is 0.538. The number of rotatable bonds is 8. The van der Waals surface area contributed by atoms with Gasteiger partial charge in [-0.25, -0.2) is 0 Å². The molecule has 2 N–H and O–H groups in total. The van der Waals surface area contributed by atoms with Gasteiger partial charge in [-0.05, 0) is 24.8 Å². The van der Waals surface area contributed by atoms with Gasteiger partial charge in [0.15, 0.2) is 0 Å². The average molecular weight is 297 g/mol. The van der Waals surface area contributed by atoms with E-state index in [4.69, 9.17) is 14.4 Å². The van der Waals surface area contributed by atoms with E-state index in [-0.39, 0.29) is 12.1 Å². The molecule has 1 atom stereocenters. The summed E-state index contributed by atoms with van der Waals surface area (Å²) in [5.74, 6) is 1.13. The largest absolute Gasteiger partial charge is 0.396 e. The van der Waals surface area contributed by atoms with E-state index >= 15 is 0 Å². The van der Waals surface area contributed by atoms with Gasteiger partial charge in [0, 0.05) is 19.3 Å². The molecule has 0 aliphatic carbocycles. The fourth-order valence-corrected chi connectivity index (χ4v) is 2.55. The summed E-state index contributed by atoms with van der Waals surface area (Å²) in [6.45, 7) is 3.03. The SMILES string of the molecule is COCC(C)(CCO)NCc1nc(-c2cccs2)no1. The Morgan fingerprint density at radius 3 is 3.05 bits per heavy atom. The van der Waals surface area contributed by atoms with Gasteiger partial charge in [0.2, 0.25) is 11.7 Å². The van der Waals surface area contributed by atoms with Crippen LogP contribution in [0.25, 0.3) is 10.7 Å². The van der Waals surface area contributed by atoms with Crippen molar-refractivity contribution in [1.82, 2.24) is 15.5 Å². The molecule has 6 nitrogen and oxygen atoms in total. The maximum atomic E-state index is 9.11. The predicted octanol–water partition coefficient (Wildman–Crippen LogP) is 1.68. The van der Waals surface area contributed by atoms with Gasteiger partial charge < -0.3 is 19.7 Å². The van der Waals surface area contributed by atoms with Crippen LogP contribution in [0.2, 0.25) is 0 Å². The van der Waals surface area contributed by atoms with E-state index in [0.717, 1.165) is 4.88 Å². The molecular weight excluding hydrogens is 278 g/mol. The number of nitrogens with one attached hydrogen (secondary N) is 1. The zero-order chi connectivity index (χ0) is 14.4. The van der Waals surface area contributed by atoms with Crippen LogP contribution in [0.15, 0.2) is 22.0 Å². The minimum absolute atomic E-state index is 0.0944. The molecule has 1 unspecified atom stereocenters. The molecule has 20 heavy (non-hydrogen) atoms. The highest BCUT2D eigenvalue weighted by atomic mass is 32.1. The summed E-state index contributed by atoms with van der Waals surface area (Å²) in [6.07, 6.45) is 0.590. The molecule has 0 aliphatic rings. The van der Waals surface area contributed by atoms with Crippen molar-refractivity contribution in [3.05, 3.63) is 23.4 Å². The standard InChI is InChI=1S/C13H19N3O3S/c1-13(5-6-17,9-18-2)14-8-11-15-12(16-19-11)10-4-3-7-20-10/h3-4,7,14,17H,5-6,8-9H2,1-2H3. The number of methoxy groups -OCH3 is 1. The van der Waals surface area contributed by atoms with Crippen molar-refractivity contribution in [3.8, 4) is 10.7 Å². The first kappa shape index (κ1) is 15.1. The van der Waals surface area contributed by atoms with Gasteiger partial charge in [0.25, 0.3) is 0 Å². The molecule has 0 saturated carbocycles. The Balaban J connectivity index is 1.96. The Bertz CT molecular complexity index is 507. The second kappa shape index (κ2) is 6.94. The second-order valence-corrected chi connectivity index (χ2v) is 5.76. The second-order valence-electron chi connectivity index (χ2n) is 4.81. The molecule has 0 amide bonds. The van der Waals surface area contributed by atoms with Crippen molar-refractivity contribution in [2.24, 2.45) is 0 Å². The summed E-state index contributed by atoms with van der Waals surface area (Å²) in [7, 11) is 1.64. The molecule has 2 heterocycles. The molecule has 0 saturated heterocycles. The van der Waals surface area contributed by atoms with Gasteiger partial charge in [-0.2, -0.15) is 4.98 Å². The first-order valence-electron chi connectivity index (χ1n) is 6.38. The smallest absolute Gasteiger partial charge is 0.240 e. The van der Waals surface area contributed by atoms with Gasteiger partial charge in [-0.3, -0.25) is 0 Å². The van der Waals surface area contributed by atoms with Crippen LogP contribution in [0.5, 0.6) is 0 Å². The number of hydrogen-bond acceptors (Lipinski definition) is 7. The summed E-state index contributed by atoms with van der Waals surface area (Å²) >= 11 is 1.57. The quantitative estimate of drug-likeness (QED) is 0.771. The van der Waals surface area contributed by atoms with Crippen molar-refractivity contribution in [1.29, 1.82) is 0 Å². The molecule has 0 aromatic carbocycles. The third kappa shape index (κ3) is 3.86. The summed E-state index contributed by atoms with van der Waals surface area (Å²) in [4.78, 5) is 5.32. The zero-order valence-electron chi connectivity index (χ0n) is 11.6. The van der Waals surface area contributed by atoms with Gasteiger partial charge in [-0.15, -0.1) is 11.3 Å². The molecule has 0 aliphatic heterocycles. The fourth-order valence-electron chi connectivity index (χ4n) is 1.90. The molecular formula is C13H19N3O3S. The highest BCUT2D eigenvalue weighted by Crippen LogP contribution is 2.21. The van der Waals surface area contributed by atoms with Gasteiger partial charge in [0.05, 0.1) is 18.0 Å². The first-order chi connectivity index (χ1) is 9.67. The summed E-state index contributed by atoms with van der Waals surface area (Å²) in [6, 6.07) is 3.90. The third-order valence-electron chi connectivity index (χ3n) is 3.00. The van der Waals surface area contributed by atoms with Crippen molar-refractivity contribution >= 4 is 11.3 Å². The van der Waals surface area contributed by atoms with Crippen molar-refractivity contribution < 1.29 is 14.4 Å². The molecule has 2 aromatic heterocycles. The van der Waals surface area contributed by atoms with E-state index in [0.29, 0.717) is 31.3 Å². The van der Waals surface area contributed by atoms with Crippen molar-refractivity contribution in [2.45, 2.75) is 25.4 Å². The van der Waals surface area contributed by atoms with E-state index in [2.05, 4.69) is 15.5 Å². The monoisotopic (exact) mass is 297 g/mol. The molecule has 110 valence electrons. The lowest BCUT2D eigenvalue weighted by molar-refractivity contribution is 0.0948. The number of hydrogen-bond donors (Lipinski definition) is 2. The molecule has 0 fully saturated rings. The van der Waals surface area contributed by atoms with Crippen LogP contribution in [0.1, 0.15) is 19.2 Å². The number of aromatic nitrogens is 2. The third-order valence-corrected chi connectivity index (χ3v) is 3.87. The summed E-state index contributed by atoms with van der Waals surface area (Å²) in [5, 5.41) is 18.3. The average Bonchev–Trinajstić information content (AvgIpc) is 3.08. The Kier molecular flexibility index (Phi) is 5.24. The highest BCUT2D eigenvalue weighted by molar-refractivity contribution is 7.13. The van der Waals surface area contributed by atoms with E-state index < -0.39 is 0 Å². The molecule has 7 heteroatoms. The van der Waals surface area contributed by atoms with E-state index in [1.807, 2.05) is 24.4 Å². The lowest BCUT2D eigenvalue weighted by Gasteiger charge is -2.28. The molecule has 0 spiro atoms. The van der Waals surface area contributed by atoms with Crippen LogP contribution in [0.3, 0.4) is 0 Å². The Labute approximate surface area is 121 Å². The predicted molar refractivity (Wildman–Crippen MR) is 76.4 cm³/mol. The molecule has 2 aromatic rings. The number of aliphatic hydroxyl groups is 1. The van der Waals surface area contributed by atoms with Crippen LogP contribution >= 0.6 is 11.3 Å². The van der Waals surface area contributed by atoms with Crippen molar-refractivity contribution in [3.63, 3.8) is 0 Å². The summed E-state index contributed by atoms with van der Waals surface area (Å²) < 4.78 is 10.4. The lowest BCUT2D eigenvalue weighted by Crippen LogP contribution is -2.46. The number of thiophene rings is 1. The Morgan fingerprint density at radius 2 is 2.40 bits per heavy atom. The molecule has 0 radical (unpaired) electrons. The highest BCUT2D eigenvalue weighted by Gasteiger charge is 2.24. The summed E-state index contributed by atoms with van der Waals surface area (Å²) in [5.41, 5.74) is -0.318. The normalized spacial score (nSPS) is 14.3. The minimum Gasteiger partial charge on any atom is -0.396 e. The van der Waals surface area contributed by atoms with Crippen LogP contribution in [-0.4, -0.2) is 41.1 Å². The maximum Gasteiger partial charge on any atom is 0.240 e. The number of aliphatic hydroxyl groups excluding tert-OH is 1. The van der Waals surface area contributed by atoms with Gasteiger partial charge in [-0.1, -0.05) is 11.2 Å². The maximum absolute atomic E-state index is 9.11. The molecule has 2 rings (SSSR count). The zero-order valence-corrected chi connectivity index (χ0v) is 12.4. The van der Waals surface area contributed by atoms with Crippen molar-refractivity contribution in [2.75, 3.05) is 20.3 Å². The van der Waals surface area contributed by atoms with E-state index in [1.54, 1.807) is 18.4 Å². The van der Waals surface area contributed by atoms with E-state index in [9.17, 15) is 0 Å². The van der Waals surface area contributed by atoms with E-state index in [1.165, 1.54) is 0 Å². The van der Waals surface area contributed by atoms with Gasteiger partial charge >= 0.3 is 0 Å². The lowest BCUT2D eigenvalue weighted by atomic mass is 9.99. The Morgan fingerprint density at radius 1 is 1.55 bits per heavy atom. The van der Waals surface area contributed by atoms with Crippen LogP contribution in [0, 0.1) is 0 Å². The van der Waals surface area contributed by atoms with Gasteiger partial charge in [0.1, 0.15) is 0 Å². The van der Waals surface area contributed by atoms with Crippen LogP contribution in [0.4, 0.5) is 0 Å². The minimum atomic E-state index is -0.318. The molecule has 0 bridgehead atoms. The van der Waals surface area contributed by atoms with Crippen LogP contribution in [-0.2, 0) is 11.3 Å². The first-order valence-corrected chi connectivity index (χ1v) is 7.26. The topological polar surface area (TPSA) is 80.4 Å². The van der Waals surface area contributed by atoms with Crippen LogP contribution < -0.4 is 5.32 Å². The number of ether oxygens (including phenoxy) is 1. The Hall–Kier alpha value is -1.28.